The summed E-state index contributed by atoms with van der Waals surface area (Å²) >= 11 is 5.83. The third-order valence-electron chi connectivity index (χ3n) is 3.21. The van der Waals surface area contributed by atoms with Crippen LogP contribution in [0.2, 0.25) is 0 Å². The van der Waals surface area contributed by atoms with E-state index in [1.165, 1.54) is 25.7 Å². The lowest BCUT2D eigenvalue weighted by atomic mass is 10.3. The molecule has 0 spiro atoms. The summed E-state index contributed by atoms with van der Waals surface area (Å²) in [5.74, 6) is 1.37. The van der Waals surface area contributed by atoms with Gasteiger partial charge in [0.15, 0.2) is 0 Å². The van der Waals surface area contributed by atoms with Crippen LogP contribution >= 0.6 is 11.6 Å². The standard InChI is InChI=1S/C13H20ClN3/c1-3-4-7-17(12-5-6-12)13-15-9-11(8-14)10(2)16-13/h9,12H,3-8H2,1-2H3. The zero-order valence-corrected chi connectivity index (χ0v) is 11.4. The molecule has 1 fully saturated rings. The van der Waals surface area contributed by atoms with Gasteiger partial charge >= 0.3 is 0 Å². The summed E-state index contributed by atoms with van der Waals surface area (Å²) in [5, 5.41) is 0. The summed E-state index contributed by atoms with van der Waals surface area (Å²) in [4.78, 5) is 11.4. The Kier molecular flexibility index (Phi) is 4.21. The lowest BCUT2D eigenvalue weighted by molar-refractivity contribution is 0.692. The Hall–Kier alpha value is -0.830. The average Bonchev–Trinajstić information content (AvgIpc) is 3.14. The van der Waals surface area contributed by atoms with Crippen LogP contribution in [0.5, 0.6) is 0 Å². The van der Waals surface area contributed by atoms with Crippen LogP contribution in [0, 0.1) is 6.92 Å². The van der Waals surface area contributed by atoms with E-state index in [2.05, 4.69) is 21.8 Å². The van der Waals surface area contributed by atoms with Gasteiger partial charge in [-0.25, -0.2) is 9.97 Å². The van der Waals surface area contributed by atoms with E-state index in [1.54, 1.807) is 0 Å². The van der Waals surface area contributed by atoms with Gasteiger partial charge in [0, 0.05) is 30.0 Å². The van der Waals surface area contributed by atoms with Gasteiger partial charge in [-0.15, -0.1) is 11.6 Å². The molecule has 1 aliphatic carbocycles. The molecule has 0 amide bonds. The first-order valence-electron chi connectivity index (χ1n) is 6.41. The topological polar surface area (TPSA) is 29.0 Å². The van der Waals surface area contributed by atoms with Gasteiger partial charge in [0.25, 0.3) is 0 Å². The van der Waals surface area contributed by atoms with Crippen molar-refractivity contribution in [1.29, 1.82) is 0 Å². The fourth-order valence-electron chi connectivity index (χ4n) is 1.91. The van der Waals surface area contributed by atoms with Crippen LogP contribution in [0.4, 0.5) is 5.95 Å². The van der Waals surface area contributed by atoms with E-state index in [0.29, 0.717) is 11.9 Å². The van der Waals surface area contributed by atoms with Gasteiger partial charge in [-0.2, -0.15) is 0 Å². The Morgan fingerprint density at radius 1 is 1.47 bits per heavy atom. The van der Waals surface area contributed by atoms with Crippen LogP contribution in [-0.2, 0) is 5.88 Å². The molecule has 0 N–H and O–H groups in total. The number of halogens is 1. The molecular formula is C13H20ClN3. The van der Waals surface area contributed by atoms with Crippen molar-refractivity contribution in [3.05, 3.63) is 17.5 Å². The molecule has 0 atom stereocenters. The molecule has 0 saturated heterocycles. The first kappa shape index (κ1) is 12.6. The molecule has 0 unspecified atom stereocenters. The number of nitrogens with zero attached hydrogens (tertiary/aromatic N) is 3. The Balaban J connectivity index is 2.14. The molecule has 0 radical (unpaired) electrons. The maximum Gasteiger partial charge on any atom is 0.225 e. The van der Waals surface area contributed by atoms with Gasteiger partial charge in [-0.3, -0.25) is 0 Å². The summed E-state index contributed by atoms with van der Waals surface area (Å²) in [6, 6.07) is 0.669. The molecular weight excluding hydrogens is 234 g/mol. The predicted molar refractivity (Wildman–Crippen MR) is 71.6 cm³/mol. The van der Waals surface area contributed by atoms with Gasteiger partial charge in [0.2, 0.25) is 5.95 Å². The van der Waals surface area contributed by atoms with Crippen LogP contribution < -0.4 is 4.90 Å². The number of hydrogen-bond donors (Lipinski definition) is 0. The number of rotatable bonds is 6. The lowest BCUT2D eigenvalue weighted by Gasteiger charge is -2.22. The molecule has 0 bridgehead atoms. The smallest absolute Gasteiger partial charge is 0.225 e. The number of unbranched alkanes of at least 4 members (excludes halogenated alkanes) is 1. The number of aromatic nitrogens is 2. The Morgan fingerprint density at radius 2 is 2.24 bits per heavy atom. The van der Waals surface area contributed by atoms with Crippen molar-refractivity contribution in [1.82, 2.24) is 9.97 Å². The molecule has 1 saturated carbocycles. The van der Waals surface area contributed by atoms with Crippen LogP contribution in [0.3, 0.4) is 0 Å². The van der Waals surface area contributed by atoms with Crippen molar-refractivity contribution < 1.29 is 0 Å². The molecule has 1 aliphatic rings. The molecule has 1 heterocycles. The quantitative estimate of drug-likeness (QED) is 0.729. The fraction of sp³-hybridized carbons (Fsp3) is 0.692. The van der Waals surface area contributed by atoms with Gasteiger partial charge in [-0.05, 0) is 26.2 Å². The van der Waals surface area contributed by atoms with E-state index < -0.39 is 0 Å². The SMILES string of the molecule is CCCCN(c1ncc(CCl)c(C)n1)C1CC1. The van der Waals surface area contributed by atoms with Crippen LogP contribution in [-0.4, -0.2) is 22.6 Å². The second-order valence-electron chi connectivity index (χ2n) is 4.69. The average molecular weight is 254 g/mol. The molecule has 3 nitrogen and oxygen atoms in total. The van der Waals surface area contributed by atoms with Gasteiger partial charge < -0.3 is 4.90 Å². The van der Waals surface area contributed by atoms with Crippen molar-refractivity contribution in [2.24, 2.45) is 0 Å². The van der Waals surface area contributed by atoms with Crippen molar-refractivity contribution in [2.45, 2.75) is 51.5 Å². The van der Waals surface area contributed by atoms with E-state index in [1.807, 2.05) is 13.1 Å². The second-order valence-corrected chi connectivity index (χ2v) is 4.96. The number of anilines is 1. The lowest BCUT2D eigenvalue weighted by Crippen LogP contribution is -2.29. The van der Waals surface area contributed by atoms with E-state index >= 15 is 0 Å². The molecule has 2 rings (SSSR count). The zero-order chi connectivity index (χ0) is 12.3. The molecule has 17 heavy (non-hydrogen) atoms. The fourth-order valence-corrected chi connectivity index (χ4v) is 2.17. The minimum atomic E-state index is 0.491. The third-order valence-corrected chi connectivity index (χ3v) is 3.50. The Bertz CT molecular complexity index is 377. The largest absolute Gasteiger partial charge is 0.338 e. The maximum atomic E-state index is 5.83. The Morgan fingerprint density at radius 3 is 2.76 bits per heavy atom. The highest BCUT2D eigenvalue weighted by Crippen LogP contribution is 2.30. The van der Waals surface area contributed by atoms with E-state index in [4.69, 9.17) is 11.6 Å². The van der Waals surface area contributed by atoms with Crippen LogP contribution in [0.15, 0.2) is 6.20 Å². The first-order chi connectivity index (χ1) is 8.26. The number of hydrogen-bond acceptors (Lipinski definition) is 3. The third kappa shape index (κ3) is 3.09. The monoisotopic (exact) mass is 253 g/mol. The van der Waals surface area contributed by atoms with Gasteiger partial charge in [0.05, 0.1) is 5.88 Å². The van der Waals surface area contributed by atoms with Crippen molar-refractivity contribution in [3.63, 3.8) is 0 Å². The minimum Gasteiger partial charge on any atom is -0.338 e. The highest BCUT2D eigenvalue weighted by molar-refractivity contribution is 6.17. The zero-order valence-electron chi connectivity index (χ0n) is 10.6. The maximum absolute atomic E-state index is 5.83. The summed E-state index contributed by atoms with van der Waals surface area (Å²) in [5.41, 5.74) is 2.04. The summed E-state index contributed by atoms with van der Waals surface area (Å²) < 4.78 is 0. The van der Waals surface area contributed by atoms with E-state index in [0.717, 1.165) is 23.8 Å². The highest BCUT2D eigenvalue weighted by atomic mass is 35.5. The van der Waals surface area contributed by atoms with Crippen LogP contribution in [0.1, 0.15) is 43.9 Å². The molecule has 0 aromatic carbocycles. The van der Waals surface area contributed by atoms with E-state index in [-0.39, 0.29) is 0 Å². The van der Waals surface area contributed by atoms with Crippen LogP contribution in [0.25, 0.3) is 0 Å². The van der Waals surface area contributed by atoms with Gasteiger partial charge in [0.1, 0.15) is 0 Å². The molecule has 94 valence electrons. The molecule has 4 heteroatoms. The highest BCUT2D eigenvalue weighted by Gasteiger charge is 2.30. The normalized spacial score (nSPS) is 15.0. The number of aryl methyl sites for hydroxylation is 1. The number of alkyl halides is 1. The first-order valence-corrected chi connectivity index (χ1v) is 6.94. The van der Waals surface area contributed by atoms with Crippen molar-refractivity contribution in [3.8, 4) is 0 Å². The van der Waals surface area contributed by atoms with E-state index in [9.17, 15) is 0 Å². The molecule has 1 aromatic heterocycles. The second kappa shape index (κ2) is 5.67. The Labute approximate surface area is 108 Å². The molecule has 1 aromatic rings. The summed E-state index contributed by atoms with van der Waals surface area (Å²) in [7, 11) is 0. The minimum absolute atomic E-state index is 0.491. The summed E-state index contributed by atoms with van der Waals surface area (Å²) in [6.07, 6.45) is 6.84. The predicted octanol–water partition coefficient (Wildman–Crippen LogP) is 3.29. The van der Waals surface area contributed by atoms with Crippen molar-refractivity contribution in [2.75, 3.05) is 11.4 Å². The summed E-state index contributed by atoms with van der Waals surface area (Å²) in [6.45, 7) is 5.29. The molecule has 0 aliphatic heterocycles. The van der Waals surface area contributed by atoms with Crippen molar-refractivity contribution >= 4 is 17.5 Å². The van der Waals surface area contributed by atoms with Gasteiger partial charge in [-0.1, -0.05) is 13.3 Å².